The first-order chi connectivity index (χ1) is 6.54. The lowest BCUT2D eigenvalue weighted by Crippen LogP contribution is -2.24. The lowest BCUT2D eigenvalue weighted by atomic mass is 10.2. The van der Waals surface area contributed by atoms with Gasteiger partial charge in [0, 0.05) is 6.04 Å². The van der Waals surface area contributed by atoms with Crippen LogP contribution in [0.25, 0.3) is 0 Å². The normalized spacial score (nSPS) is 10.6. The van der Waals surface area contributed by atoms with E-state index in [1.54, 1.807) is 0 Å². The van der Waals surface area contributed by atoms with Crippen LogP contribution in [-0.2, 0) is 16.6 Å². The van der Waals surface area contributed by atoms with Gasteiger partial charge in [0.2, 0.25) is 10.0 Å². The molecule has 0 radical (unpaired) electrons. The second-order valence-corrected chi connectivity index (χ2v) is 4.79. The highest BCUT2D eigenvalue weighted by atomic mass is 32.2. The maximum Gasteiger partial charge on any atom is 0.239 e. The Labute approximate surface area is 84.4 Å². The molecule has 74 valence electrons. The van der Waals surface area contributed by atoms with Crippen molar-refractivity contribution in [3.05, 3.63) is 35.9 Å². The van der Waals surface area contributed by atoms with E-state index < -0.39 is 10.0 Å². The summed E-state index contributed by atoms with van der Waals surface area (Å²) in [5.74, 6) is 0. The second kappa shape index (κ2) is 4.16. The van der Waals surface area contributed by atoms with Crippen LogP contribution in [-0.4, -0.2) is 19.0 Å². The molecule has 0 atom stereocenters. The van der Waals surface area contributed by atoms with Gasteiger partial charge >= 0.3 is 0 Å². The van der Waals surface area contributed by atoms with E-state index in [1.807, 2.05) is 30.3 Å². The highest BCUT2D eigenvalue weighted by Gasteiger charge is 2.11. The molecule has 4 heteroatoms. The van der Waals surface area contributed by atoms with E-state index in [1.165, 1.54) is 0 Å². The monoisotopic (exact) mass is 209 g/mol. The van der Waals surface area contributed by atoms with Crippen LogP contribution in [0.3, 0.4) is 0 Å². The van der Waals surface area contributed by atoms with E-state index in [2.05, 4.69) is 6.04 Å². The molecule has 0 amide bonds. The fourth-order valence-electron chi connectivity index (χ4n) is 1.01. The molecule has 1 aromatic carbocycles. The van der Waals surface area contributed by atoms with Crippen molar-refractivity contribution in [2.24, 2.45) is 0 Å². The van der Waals surface area contributed by atoms with Gasteiger partial charge in [-0.25, -0.2) is 12.7 Å². The Morgan fingerprint density at radius 3 is 2.36 bits per heavy atom. The molecule has 0 saturated carbocycles. The molecule has 0 fully saturated rings. The zero-order valence-corrected chi connectivity index (χ0v) is 8.66. The van der Waals surface area contributed by atoms with Gasteiger partial charge in [-0.15, -0.1) is 0 Å². The van der Waals surface area contributed by atoms with Crippen molar-refractivity contribution in [3.8, 4) is 12.5 Å². The van der Waals surface area contributed by atoms with Gasteiger partial charge in [-0.3, -0.25) is 0 Å². The van der Waals surface area contributed by atoms with Crippen LogP contribution >= 0.6 is 0 Å². The maximum absolute atomic E-state index is 11.2. The lowest BCUT2D eigenvalue weighted by Gasteiger charge is -2.14. The zero-order chi connectivity index (χ0) is 10.6. The van der Waals surface area contributed by atoms with E-state index in [9.17, 15) is 8.42 Å². The lowest BCUT2D eigenvalue weighted by molar-refractivity contribution is 0.515. The van der Waals surface area contributed by atoms with Gasteiger partial charge in [-0.05, 0) is 5.56 Å². The molecule has 1 rings (SSSR count). The van der Waals surface area contributed by atoms with Gasteiger partial charge in [0.1, 0.15) is 0 Å². The number of sulfonamides is 1. The Kier molecular flexibility index (Phi) is 3.15. The van der Waals surface area contributed by atoms with Crippen LogP contribution in [0.4, 0.5) is 0 Å². The van der Waals surface area contributed by atoms with E-state index in [4.69, 9.17) is 6.42 Å². The van der Waals surface area contributed by atoms with Gasteiger partial charge in [0.15, 0.2) is 0 Å². The summed E-state index contributed by atoms with van der Waals surface area (Å²) in [4.78, 5) is 0. The molecule has 3 nitrogen and oxygen atoms in total. The quantitative estimate of drug-likeness (QED) is 0.551. The van der Waals surface area contributed by atoms with Crippen molar-refractivity contribution in [1.29, 1.82) is 0 Å². The van der Waals surface area contributed by atoms with Crippen molar-refractivity contribution in [1.82, 2.24) is 4.31 Å². The first kappa shape index (κ1) is 10.6. The molecule has 0 aliphatic carbocycles. The molecule has 14 heavy (non-hydrogen) atoms. The summed E-state index contributed by atoms with van der Waals surface area (Å²) in [5.41, 5.74) is 0.871. The predicted molar refractivity (Wildman–Crippen MR) is 55.7 cm³/mol. The molecule has 0 bridgehead atoms. The van der Waals surface area contributed by atoms with Gasteiger partial charge < -0.3 is 0 Å². The number of rotatable bonds is 3. The Hall–Kier alpha value is -1.47. The number of hydrogen-bond donors (Lipinski definition) is 0. The van der Waals surface area contributed by atoms with E-state index in [0.29, 0.717) is 0 Å². The summed E-state index contributed by atoms with van der Waals surface area (Å²) in [5, 5.41) is 0. The highest BCUT2D eigenvalue weighted by molar-refractivity contribution is 7.88. The van der Waals surface area contributed by atoms with Gasteiger partial charge in [-0.2, -0.15) is 0 Å². The van der Waals surface area contributed by atoms with Crippen LogP contribution < -0.4 is 0 Å². The molecule has 0 spiro atoms. The molecule has 1 aromatic rings. The minimum absolute atomic E-state index is 0.218. The number of hydrogen-bond acceptors (Lipinski definition) is 2. The third-order valence-electron chi connectivity index (χ3n) is 1.71. The van der Waals surface area contributed by atoms with Crippen LogP contribution in [0, 0.1) is 12.5 Å². The topological polar surface area (TPSA) is 37.4 Å². The van der Waals surface area contributed by atoms with Crippen LogP contribution in [0.15, 0.2) is 30.3 Å². The molecule has 0 saturated heterocycles. The number of terminal acetylenes is 1. The standard InChI is InChI=1S/C10H11NO2S/c1-3-11(14(2,12)13)9-10-7-5-4-6-8-10/h1,4-8H,9H2,2H3. The van der Waals surface area contributed by atoms with E-state index >= 15 is 0 Å². The van der Waals surface area contributed by atoms with Crippen molar-refractivity contribution in [3.63, 3.8) is 0 Å². The summed E-state index contributed by atoms with van der Waals surface area (Å²) in [6, 6.07) is 11.3. The van der Waals surface area contributed by atoms with Gasteiger partial charge in [0.05, 0.1) is 12.8 Å². The van der Waals surface area contributed by atoms with Crippen molar-refractivity contribution in [2.45, 2.75) is 6.54 Å². The zero-order valence-electron chi connectivity index (χ0n) is 7.84. The summed E-state index contributed by atoms with van der Waals surface area (Å²) in [6.07, 6.45) is 6.20. The first-order valence-corrected chi connectivity index (χ1v) is 5.87. The molecule has 0 N–H and O–H groups in total. The minimum Gasteiger partial charge on any atom is -0.224 e. The van der Waals surface area contributed by atoms with Gasteiger partial charge in [-0.1, -0.05) is 36.8 Å². The van der Waals surface area contributed by atoms with Gasteiger partial charge in [0.25, 0.3) is 0 Å². The largest absolute Gasteiger partial charge is 0.239 e. The molecule has 0 aromatic heterocycles. The van der Waals surface area contributed by atoms with E-state index in [0.717, 1.165) is 16.1 Å². The Morgan fingerprint density at radius 2 is 1.93 bits per heavy atom. The molecular formula is C10H11NO2S. The van der Waals surface area contributed by atoms with Crippen LogP contribution in [0.5, 0.6) is 0 Å². The van der Waals surface area contributed by atoms with Crippen molar-refractivity contribution < 1.29 is 8.42 Å². The average Bonchev–Trinajstić information content (AvgIpc) is 2.14. The van der Waals surface area contributed by atoms with Crippen molar-refractivity contribution >= 4 is 10.0 Å². The fraction of sp³-hybridized carbons (Fsp3) is 0.200. The molecule has 0 heterocycles. The number of nitrogens with zero attached hydrogens (tertiary/aromatic N) is 1. The summed E-state index contributed by atoms with van der Waals surface area (Å²) in [7, 11) is -3.32. The first-order valence-electron chi connectivity index (χ1n) is 4.02. The molecule has 0 unspecified atom stereocenters. The second-order valence-electron chi connectivity index (χ2n) is 2.88. The maximum atomic E-state index is 11.2. The predicted octanol–water partition coefficient (Wildman–Crippen LogP) is 1.04. The number of benzene rings is 1. The SMILES string of the molecule is C#CN(Cc1ccccc1)S(C)(=O)=O. The Balaban J connectivity index is 2.84. The van der Waals surface area contributed by atoms with E-state index in [-0.39, 0.29) is 6.54 Å². The summed E-state index contributed by atoms with van der Waals surface area (Å²) < 4.78 is 23.3. The minimum atomic E-state index is -3.32. The third kappa shape index (κ3) is 2.79. The van der Waals surface area contributed by atoms with Crippen molar-refractivity contribution in [2.75, 3.05) is 6.26 Å². The molecule has 0 aliphatic heterocycles. The smallest absolute Gasteiger partial charge is 0.224 e. The van der Waals surface area contributed by atoms with Crippen LogP contribution in [0.1, 0.15) is 5.56 Å². The molecule has 0 aliphatic rings. The molecular weight excluding hydrogens is 198 g/mol. The third-order valence-corrected chi connectivity index (χ3v) is 2.75. The average molecular weight is 209 g/mol. The Morgan fingerprint density at radius 1 is 1.36 bits per heavy atom. The summed E-state index contributed by atoms with van der Waals surface area (Å²) in [6.45, 7) is 0.218. The van der Waals surface area contributed by atoms with Crippen LogP contribution in [0.2, 0.25) is 0 Å². The fourth-order valence-corrected chi connectivity index (χ4v) is 1.58. The summed E-state index contributed by atoms with van der Waals surface area (Å²) >= 11 is 0. The Bertz CT molecular complexity index is 431. The highest BCUT2D eigenvalue weighted by Crippen LogP contribution is 2.06.